The first-order valence-corrected chi connectivity index (χ1v) is 13.3. The zero-order valence-corrected chi connectivity index (χ0v) is 22.3. The van der Waals surface area contributed by atoms with E-state index in [1.54, 1.807) is 24.3 Å². The van der Waals surface area contributed by atoms with Crippen LogP contribution in [0.3, 0.4) is 0 Å². The third-order valence-corrected chi connectivity index (χ3v) is 5.19. The molecule has 1 aliphatic rings. The number of hydrogen-bond donors (Lipinski definition) is 0. The Morgan fingerprint density at radius 1 is 0.968 bits per heavy atom. The van der Waals surface area contributed by atoms with E-state index in [0.717, 1.165) is 10.8 Å². The van der Waals surface area contributed by atoms with Crippen LogP contribution in [0.1, 0.15) is 27.7 Å². The second kappa shape index (κ2) is 13.1. The summed E-state index contributed by atoms with van der Waals surface area (Å²) in [5.41, 5.74) is 4.51. The molecule has 1 unspecified atom stereocenters. The average molecular weight is 516 g/mol. The van der Waals surface area contributed by atoms with Crippen LogP contribution >= 0.6 is 0 Å². The molecular formula is C26H27F3SiZr-4. The van der Waals surface area contributed by atoms with E-state index in [-0.39, 0.29) is 20.4 Å². The van der Waals surface area contributed by atoms with E-state index in [9.17, 15) is 13.2 Å². The summed E-state index contributed by atoms with van der Waals surface area (Å²) in [7, 11) is 0. The Bertz CT molecular complexity index is 1060. The van der Waals surface area contributed by atoms with Crippen molar-refractivity contribution in [1.82, 2.24) is 0 Å². The molecule has 0 aromatic heterocycles. The molecule has 0 amide bonds. The van der Waals surface area contributed by atoms with Crippen LogP contribution in [0.5, 0.6) is 0 Å². The monoisotopic (exact) mass is 514 g/mol. The maximum atomic E-state index is 13.7. The van der Waals surface area contributed by atoms with Crippen molar-refractivity contribution < 1.29 is 36.5 Å². The molecule has 0 bridgehead atoms. The molecule has 0 fully saturated rings. The van der Waals surface area contributed by atoms with Gasteiger partial charge in [-0.15, -0.1) is 53.6 Å². The third-order valence-electron chi connectivity index (χ3n) is 5.19. The van der Waals surface area contributed by atoms with Gasteiger partial charge in [0.2, 0.25) is 0 Å². The summed E-state index contributed by atoms with van der Waals surface area (Å²) in [6, 6.07) is 12.1. The SMILES string of the molecule is CC1=[C-]C(C)C(C)=C1C.Fc1cc(F)c(-c2c[cH-]c3ccccc23)c(F)c1.[CH3-].[CH3-].[Si]=[Zr]. The third kappa shape index (κ3) is 6.70. The quantitative estimate of drug-likeness (QED) is 0.228. The zero-order chi connectivity index (χ0) is 21.7. The fraction of sp³-hybridized carbons (Fsp3) is 0.192. The average Bonchev–Trinajstić information content (AvgIpc) is 3.20. The molecule has 3 aromatic carbocycles. The van der Waals surface area contributed by atoms with Gasteiger partial charge in [0.1, 0.15) is 17.5 Å². The van der Waals surface area contributed by atoms with E-state index < -0.39 is 17.5 Å². The first-order valence-electron chi connectivity index (χ1n) is 9.11. The van der Waals surface area contributed by atoms with Crippen molar-refractivity contribution in [3.8, 4) is 11.1 Å². The molecular weight excluding hydrogens is 489 g/mol. The number of halogens is 3. The van der Waals surface area contributed by atoms with E-state index in [2.05, 4.69) is 40.7 Å². The number of hydrogen-bond acceptors (Lipinski definition) is 0. The summed E-state index contributed by atoms with van der Waals surface area (Å²) < 4.78 is 40.3. The fourth-order valence-electron chi connectivity index (χ4n) is 3.33. The molecule has 5 heteroatoms. The Balaban J connectivity index is 0.000000595. The molecule has 0 nitrogen and oxygen atoms in total. The molecule has 0 aliphatic heterocycles. The first-order chi connectivity index (χ1) is 13.8. The Morgan fingerprint density at radius 2 is 1.52 bits per heavy atom. The van der Waals surface area contributed by atoms with Gasteiger partial charge in [-0.2, -0.15) is 11.1 Å². The Labute approximate surface area is 201 Å². The minimum absolute atomic E-state index is 0. The number of benzene rings is 2. The van der Waals surface area contributed by atoms with Crippen molar-refractivity contribution in [3.05, 3.63) is 104 Å². The van der Waals surface area contributed by atoms with Crippen molar-refractivity contribution in [2.45, 2.75) is 27.7 Å². The van der Waals surface area contributed by atoms with Crippen LogP contribution in [-0.4, -0.2) is 6.88 Å². The molecule has 164 valence electrons. The summed E-state index contributed by atoms with van der Waals surface area (Å²) in [6.07, 6.45) is 3.36. The van der Waals surface area contributed by atoms with Crippen LogP contribution in [-0.2, 0) is 23.3 Å². The summed E-state index contributed by atoms with van der Waals surface area (Å²) in [6.45, 7) is 11.7. The van der Waals surface area contributed by atoms with Gasteiger partial charge in [0.05, 0.1) is 0 Å². The van der Waals surface area contributed by atoms with Crippen LogP contribution in [0.2, 0.25) is 0 Å². The summed E-state index contributed by atoms with van der Waals surface area (Å²) in [5.74, 6) is -2.12. The van der Waals surface area contributed by atoms with Crippen LogP contribution < -0.4 is 0 Å². The van der Waals surface area contributed by atoms with Gasteiger partial charge in [-0.1, -0.05) is 32.8 Å². The van der Waals surface area contributed by atoms with Gasteiger partial charge in [-0.3, -0.25) is 6.08 Å². The molecule has 0 saturated carbocycles. The van der Waals surface area contributed by atoms with Gasteiger partial charge in [-0.05, 0) is 0 Å². The van der Waals surface area contributed by atoms with Gasteiger partial charge >= 0.3 is 30.2 Å². The van der Waals surface area contributed by atoms with E-state index in [0.29, 0.717) is 23.6 Å². The predicted octanol–water partition coefficient (Wildman–Crippen LogP) is 7.88. The maximum absolute atomic E-state index is 13.7. The molecule has 0 saturated heterocycles. The molecule has 1 atom stereocenters. The summed E-state index contributed by atoms with van der Waals surface area (Å²) >= 11 is 1.36. The van der Waals surface area contributed by atoms with Gasteiger partial charge in [0.25, 0.3) is 0 Å². The molecule has 2 radical (unpaired) electrons. The van der Waals surface area contributed by atoms with Crippen molar-refractivity contribution in [1.29, 1.82) is 0 Å². The molecule has 0 spiro atoms. The summed E-state index contributed by atoms with van der Waals surface area (Å²) in [5, 5.41) is 1.65. The normalized spacial score (nSPS) is 14.4. The van der Waals surface area contributed by atoms with E-state index in [1.165, 1.54) is 40.1 Å². The number of rotatable bonds is 1. The second-order valence-corrected chi connectivity index (χ2v) is 6.88. The number of allylic oxidation sites excluding steroid dienone is 4. The minimum atomic E-state index is -0.912. The van der Waals surface area contributed by atoms with E-state index in [1.807, 2.05) is 12.1 Å². The summed E-state index contributed by atoms with van der Waals surface area (Å²) in [4.78, 5) is 0. The van der Waals surface area contributed by atoms with Crippen molar-refractivity contribution in [3.63, 3.8) is 0 Å². The van der Waals surface area contributed by atoms with Gasteiger partial charge in [0.15, 0.2) is 0 Å². The zero-order valence-electron chi connectivity index (χ0n) is 18.8. The molecule has 4 rings (SSSR count). The molecule has 0 N–H and O–H groups in total. The van der Waals surface area contributed by atoms with Crippen LogP contribution in [0, 0.1) is 44.3 Å². The molecule has 31 heavy (non-hydrogen) atoms. The number of fused-ring (bicyclic) bond motifs is 1. The standard InChI is InChI=1S/C15H8F3.C9H13.2CH3.Si.Zr/c16-10-7-13(17)15(14(18)8-10)12-6-5-9-3-1-2-4-11(9)12;1-6-5-7(2)9(4)8(6)3;;;;/h1-8H;6H,1-4H3;2*1H3;;/q4*-1;;. The molecule has 3 aromatic rings. The Morgan fingerprint density at radius 3 is 1.97 bits per heavy atom. The van der Waals surface area contributed by atoms with Gasteiger partial charge < -0.3 is 14.9 Å². The van der Waals surface area contributed by atoms with Crippen LogP contribution in [0.4, 0.5) is 13.2 Å². The topological polar surface area (TPSA) is 0 Å². The second-order valence-electron chi connectivity index (χ2n) is 6.88. The van der Waals surface area contributed by atoms with E-state index in [4.69, 9.17) is 0 Å². The predicted molar refractivity (Wildman–Crippen MR) is 123 cm³/mol. The molecule has 0 heterocycles. The van der Waals surface area contributed by atoms with Crippen LogP contribution in [0.25, 0.3) is 21.9 Å². The van der Waals surface area contributed by atoms with Gasteiger partial charge in [-0.25, -0.2) is 18.7 Å². The Kier molecular flexibility index (Phi) is 12.4. The van der Waals surface area contributed by atoms with Crippen molar-refractivity contribution in [2.24, 2.45) is 5.92 Å². The van der Waals surface area contributed by atoms with E-state index >= 15 is 0 Å². The van der Waals surface area contributed by atoms with Crippen molar-refractivity contribution in [2.75, 3.05) is 0 Å². The molecule has 1 aliphatic carbocycles. The first kappa shape index (κ1) is 29.4. The van der Waals surface area contributed by atoms with Crippen molar-refractivity contribution >= 4 is 17.7 Å². The fourth-order valence-corrected chi connectivity index (χ4v) is 3.33. The van der Waals surface area contributed by atoms with Gasteiger partial charge in [0, 0.05) is 17.7 Å². The Hall–Kier alpha value is -1.58. The van der Waals surface area contributed by atoms with Crippen LogP contribution in [0.15, 0.2) is 65.3 Å².